The molecule has 1 aliphatic heterocycles. The van der Waals surface area contributed by atoms with E-state index >= 15 is 0 Å². The predicted molar refractivity (Wildman–Crippen MR) is 118 cm³/mol. The van der Waals surface area contributed by atoms with Crippen molar-refractivity contribution in [3.8, 4) is 0 Å². The SMILES string of the molecule is CC.CCNC(=O)CNC(=O)C(C)NC(=O)CNC(=O)CCCCCN1C(=O)C=CC1=O. The minimum absolute atomic E-state index is 0.180. The van der Waals surface area contributed by atoms with Gasteiger partial charge in [-0.25, -0.2) is 0 Å². The third-order valence-electron chi connectivity index (χ3n) is 4.20. The molecule has 1 aliphatic rings. The molecule has 0 saturated carbocycles. The van der Waals surface area contributed by atoms with Gasteiger partial charge >= 0.3 is 0 Å². The van der Waals surface area contributed by atoms with Crippen LogP contribution in [-0.4, -0.2) is 72.6 Å². The first-order chi connectivity index (χ1) is 15.2. The number of hydrogen-bond acceptors (Lipinski definition) is 6. The van der Waals surface area contributed by atoms with Crippen LogP contribution in [0.4, 0.5) is 0 Å². The van der Waals surface area contributed by atoms with Gasteiger partial charge in [0.2, 0.25) is 23.6 Å². The van der Waals surface area contributed by atoms with E-state index in [0.717, 1.165) is 4.90 Å². The van der Waals surface area contributed by atoms with Crippen LogP contribution < -0.4 is 21.3 Å². The zero-order valence-electron chi connectivity index (χ0n) is 19.3. The maximum Gasteiger partial charge on any atom is 0.253 e. The van der Waals surface area contributed by atoms with E-state index in [1.54, 1.807) is 6.92 Å². The van der Waals surface area contributed by atoms with Crippen molar-refractivity contribution in [3.63, 3.8) is 0 Å². The Labute approximate surface area is 188 Å². The van der Waals surface area contributed by atoms with E-state index < -0.39 is 17.9 Å². The van der Waals surface area contributed by atoms with Gasteiger partial charge in [0.25, 0.3) is 11.8 Å². The number of nitrogens with one attached hydrogen (secondary N) is 4. The van der Waals surface area contributed by atoms with Gasteiger partial charge < -0.3 is 21.3 Å². The average Bonchev–Trinajstić information content (AvgIpc) is 3.09. The zero-order valence-corrected chi connectivity index (χ0v) is 19.3. The lowest BCUT2D eigenvalue weighted by molar-refractivity contribution is -0.137. The number of carbonyl (C=O) groups is 6. The third kappa shape index (κ3) is 11.8. The number of amides is 6. The maximum atomic E-state index is 11.8. The average molecular weight is 454 g/mol. The maximum absolute atomic E-state index is 11.8. The van der Waals surface area contributed by atoms with Crippen molar-refractivity contribution in [1.82, 2.24) is 26.2 Å². The zero-order chi connectivity index (χ0) is 24.5. The molecule has 0 spiro atoms. The molecule has 4 N–H and O–H groups in total. The number of hydrogen-bond donors (Lipinski definition) is 4. The van der Waals surface area contributed by atoms with Crippen molar-refractivity contribution in [1.29, 1.82) is 0 Å². The van der Waals surface area contributed by atoms with Crippen LogP contribution in [-0.2, 0) is 28.8 Å². The number of carbonyl (C=O) groups excluding carboxylic acids is 6. The summed E-state index contributed by atoms with van der Waals surface area (Å²) in [6.07, 6.45) is 4.46. The van der Waals surface area contributed by atoms with Crippen LogP contribution in [0.15, 0.2) is 12.2 Å². The standard InChI is InChI=1S/C19H29N5O6.C2H6/c1-3-20-15(26)11-22-19(30)13(2)23-16(27)12-21-14(25)7-5-4-6-10-24-17(28)8-9-18(24)29;1-2/h8-9,13H,3-7,10-12H2,1-2H3,(H,20,26)(H,21,25)(H,22,30)(H,23,27);1-2H3. The van der Waals surface area contributed by atoms with E-state index in [9.17, 15) is 28.8 Å². The highest BCUT2D eigenvalue weighted by Crippen LogP contribution is 2.07. The van der Waals surface area contributed by atoms with Crippen molar-refractivity contribution in [2.45, 2.75) is 59.4 Å². The fourth-order valence-electron chi connectivity index (χ4n) is 2.59. The van der Waals surface area contributed by atoms with Crippen LogP contribution in [0.5, 0.6) is 0 Å². The molecule has 0 aromatic heterocycles. The topological polar surface area (TPSA) is 154 Å². The summed E-state index contributed by atoms with van der Waals surface area (Å²) in [5, 5.41) is 9.83. The van der Waals surface area contributed by atoms with E-state index in [2.05, 4.69) is 21.3 Å². The Morgan fingerprint density at radius 3 is 2.03 bits per heavy atom. The second-order valence-corrected chi connectivity index (χ2v) is 6.71. The van der Waals surface area contributed by atoms with Crippen molar-refractivity contribution >= 4 is 35.4 Å². The lowest BCUT2D eigenvalue weighted by Gasteiger charge is -2.14. The molecule has 180 valence electrons. The summed E-state index contributed by atoms with van der Waals surface area (Å²) in [6.45, 7) is 7.55. The van der Waals surface area contributed by atoms with Crippen molar-refractivity contribution in [3.05, 3.63) is 12.2 Å². The van der Waals surface area contributed by atoms with Gasteiger partial charge in [-0.15, -0.1) is 0 Å². The summed E-state index contributed by atoms with van der Waals surface area (Å²) < 4.78 is 0. The molecule has 6 amide bonds. The molecule has 0 aromatic rings. The first kappa shape index (κ1) is 28.8. The van der Waals surface area contributed by atoms with Crippen LogP contribution in [0.1, 0.15) is 53.4 Å². The number of unbranched alkanes of at least 4 members (excludes halogenated alkanes) is 2. The largest absolute Gasteiger partial charge is 0.355 e. The summed E-state index contributed by atoms with van der Waals surface area (Å²) in [6, 6.07) is -0.852. The second-order valence-electron chi connectivity index (χ2n) is 6.71. The van der Waals surface area contributed by atoms with Crippen LogP contribution >= 0.6 is 0 Å². The molecule has 11 nitrogen and oxygen atoms in total. The van der Waals surface area contributed by atoms with Gasteiger partial charge in [-0.3, -0.25) is 33.7 Å². The van der Waals surface area contributed by atoms with Crippen LogP contribution in [0.3, 0.4) is 0 Å². The number of nitrogens with zero attached hydrogens (tertiary/aromatic N) is 1. The van der Waals surface area contributed by atoms with Crippen LogP contribution in [0.25, 0.3) is 0 Å². The molecule has 1 heterocycles. The van der Waals surface area contributed by atoms with Gasteiger partial charge in [0, 0.05) is 31.7 Å². The Bertz CT molecular complexity index is 689. The van der Waals surface area contributed by atoms with E-state index in [1.165, 1.54) is 19.1 Å². The highest BCUT2D eigenvalue weighted by Gasteiger charge is 2.22. The Morgan fingerprint density at radius 2 is 1.44 bits per heavy atom. The van der Waals surface area contributed by atoms with Gasteiger partial charge in [-0.2, -0.15) is 0 Å². The Morgan fingerprint density at radius 1 is 0.844 bits per heavy atom. The molecule has 0 aliphatic carbocycles. The highest BCUT2D eigenvalue weighted by atomic mass is 16.2. The fraction of sp³-hybridized carbons (Fsp3) is 0.619. The van der Waals surface area contributed by atoms with Gasteiger partial charge in [-0.1, -0.05) is 20.3 Å². The fourth-order valence-corrected chi connectivity index (χ4v) is 2.59. The monoisotopic (exact) mass is 453 g/mol. The molecule has 0 saturated heterocycles. The molecular formula is C21H35N5O6. The summed E-state index contributed by atoms with van der Waals surface area (Å²) >= 11 is 0. The Kier molecular flexibility index (Phi) is 14.8. The lowest BCUT2D eigenvalue weighted by atomic mass is 10.2. The van der Waals surface area contributed by atoms with Crippen LogP contribution in [0, 0.1) is 0 Å². The van der Waals surface area contributed by atoms with Gasteiger partial charge in [0.15, 0.2) is 0 Å². The number of likely N-dealkylation sites (N-methyl/N-ethyl adjacent to an activating group) is 1. The van der Waals surface area contributed by atoms with Gasteiger partial charge in [0.05, 0.1) is 13.1 Å². The molecule has 1 unspecified atom stereocenters. The Hall–Kier alpha value is -3.24. The summed E-state index contributed by atoms with van der Waals surface area (Å²) in [5.41, 5.74) is 0. The number of rotatable bonds is 13. The van der Waals surface area contributed by atoms with E-state index in [0.29, 0.717) is 32.4 Å². The van der Waals surface area contributed by atoms with E-state index in [1.807, 2.05) is 13.8 Å². The number of imide groups is 1. The molecule has 0 fully saturated rings. The third-order valence-corrected chi connectivity index (χ3v) is 4.20. The molecule has 1 atom stereocenters. The minimum Gasteiger partial charge on any atom is -0.355 e. The molecule has 1 rings (SSSR count). The van der Waals surface area contributed by atoms with Gasteiger partial charge in [0.1, 0.15) is 6.04 Å². The summed E-state index contributed by atoms with van der Waals surface area (Å²) in [4.78, 5) is 70.7. The highest BCUT2D eigenvalue weighted by molar-refractivity contribution is 6.12. The molecule has 32 heavy (non-hydrogen) atoms. The normalized spacial score (nSPS) is 13.1. The minimum atomic E-state index is -0.852. The molecule has 0 radical (unpaired) electrons. The van der Waals surface area contributed by atoms with E-state index in [-0.39, 0.29) is 43.1 Å². The second kappa shape index (κ2) is 16.5. The first-order valence-electron chi connectivity index (χ1n) is 10.9. The quantitative estimate of drug-likeness (QED) is 0.215. The molecule has 0 bridgehead atoms. The summed E-state index contributed by atoms with van der Waals surface area (Å²) in [5.74, 6) is -2.32. The Balaban J connectivity index is 0.00000466. The van der Waals surface area contributed by atoms with Crippen LogP contribution in [0.2, 0.25) is 0 Å². The van der Waals surface area contributed by atoms with E-state index in [4.69, 9.17) is 0 Å². The lowest BCUT2D eigenvalue weighted by Crippen LogP contribution is -2.49. The van der Waals surface area contributed by atoms with Crippen molar-refractivity contribution in [2.24, 2.45) is 0 Å². The first-order valence-corrected chi connectivity index (χ1v) is 10.9. The van der Waals surface area contributed by atoms with Crippen molar-refractivity contribution < 1.29 is 28.8 Å². The summed E-state index contributed by atoms with van der Waals surface area (Å²) in [7, 11) is 0. The predicted octanol–water partition coefficient (Wildman–Crippen LogP) is -0.629. The molecular weight excluding hydrogens is 418 g/mol. The van der Waals surface area contributed by atoms with Crippen molar-refractivity contribution in [2.75, 3.05) is 26.2 Å². The smallest absolute Gasteiger partial charge is 0.253 e. The molecule has 11 heteroatoms. The van der Waals surface area contributed by atoms with Gasteiger partial charge in [-0.05, 0) is 26.7 Å². The molecule has 0 aromatic carbocycles.